The van der Waals surface area contributed by atoms with Crippen molar-refractivity contribution in [3.8, 4) is 0 Å². The standard InChI is InChI=1S/C16H22N4O7/c21-11-3-9-19-13(24)16(6-2-8-18-27-16)20(10-4-12(22)23)14(25)15(19)5-1-7-17-26-15/h7-8,21H,1-6,9-11H2,(H,22,23). The summed E-state index contributed by atoms with van der Waals surface area (Å²) < 4.78 is 0. The van der Waals surface area contributed by atoms with Gasteiger partial charge < -0.3 is 19.9 Å². The lowest BCUT2D eigenvalue weighted by atomic mass is 9.90. The molecule has 3 heterocycles. The molecule has 3 rings (SSSR count). The first-order valence-electron chi connectivity index (χ1n) is 8.85. The van der Waals surface area contributed by atoms with Gasteiger partial charge in [-0.1, -0.05) is 10.3 Å². The van der Waals surface area contributed by atoms with Gasteiger partial charge >= 0.3 is 5.97 Å². The maximum absolute atomic E-state index is 13.5. The first-order valence-corrected chi connectivity index (χ1v) is 8.85. The summed E-state index contributed by atoms with van der Waals surface area (Å²) in [5.74, 6) is -2.24. The highest BCUT2D eigenvalue weighted by atomic mass is 16.7. The van der Waals surface area contributed by atoms with Crippen LogP contribution in [0.15, 0.2) is 10.3 Å². The fourth-order valence-electron chi connectivity index (χ4n) is 3.61. The molecule has 2 spiro atoms. The third-order valence-electron chi connectivity index (χ3n) is 4.90. The Morgan fingerprint density at radius 3 is 1.96 bits per heavy atom. The van der Waals surface area contributed by atoms with Crippen LogP contribution in [-0.4, -0.2) is 81.4 Å². The molecular weight excluding hydrogens is 360 g/mol. The zero-order chi connectivity index (χ0) is 19.5. The van der Waals surface area contributed by atoms with Crippen molar-refractivity contribution >= 4 is 30.2 Å². The number of aliphatic hydroxyl groups excluding tert-OH is 1. The Kier molecular flexibility index (Phi) is 5.31. The highest BCUT2D eigenvalue weighted by Gasteiger charge is 2.67. The molecule has 0 radical (unpaired) electrons. The predicted octanol–water partition coefficient (Wildman–Crippen LogP) is -0.501. The normalized spacial score (nSPS) is 30.0. The Labute approximate surface area is 155 Å². The van der Waals surface area contributed by atoms with Gasteiger partial charge in [0.25, 0.3) is 23.3 Å². The second-order valence-electron chi connectivity index (χ2n) is 6.54. The van der Waals surface area contributed by atoms with Crippen LogP contribution >= 0.6 is 0 Å². The summed E-state index contributed by atoms with van der Waals surface area (Å²) in [5.41, 5.74) is -3.39. The second-order valence-corrected chi connectivity index (χ2v) is 6.54. The van der Waals surface area contributed by atoms with Crippen LogP contribution in [0.2, 0.25) is 0 Å². The van der Waals surface area contributed by atoms with E-state index in [2.05, 4.69) is 10.3 Å². The van der Waals surface area contributed by atoms with Gasteiger partial charge in [-0.3, -0.25) is 24.2 Å². The van der Waals surface area contributed by atoms with Gasteiger partial charge in [0, 0.05) is 45.0 Å². The van der Waals surface area contributed by atoms with Gasteiger partial charge in [0.15, 0.2) is 0 Å². The number of rotatable bonds is 6. The largest absolute Gasteiger partial charge is 0.481 e. The molecule has 2 atom stereocenters. The SMILES string of the molecule is O=C(O)CCN1C(=O)C2(CCC=NO2)N(CCCO)C(=O)C12CCC=NO2. The molecule has 27 heavy (non-hydrogen) atoms. The third-order valence-corrected chi connectivity index (χ3v) is 4.90. The number of carbonyl (C=O) groups is 3. The van der Waals surface area contributed by atoms with Crippen LogP contribution in [0.5, 0.6) is 0 Å². The summed E-state index contributed by atoms with van der Waals surface area (Å²) >= 11 is 0. The van der Waals surface area contributed by atoms with Crippen LogP contribution in [0.25, 0.3) is 0 Å². The Balaban J connectivity index is 2.04. The molecular formula is C16H22N4O7. The lowest BCUT2D eigenvalue weighted by Crippen LogP contribution is -2.78. The number of hydrogen-bond donors (Lipinski definition) is 2. The summed E-state index contributed by atoms with van der Waals surface area (Å²) in [6.07, 6.45) is 4.00. The van der Waals surface area contributed by atoms with Crippen molar-refractivity contribution in [1.82, 2.24) is 9.80 Å². The van der Waals surface area contributed by atoms with E-state index >= 15 is 0 Å². The molecule has 0 aromatic rings. The number of carboxylic acids is 1. The van der Waals surface area contributed by atoms with Crippen LogP contribution in [0.3, 0.4) is 0 Å². The van der Waals surface area contributed by atoms with Gasteiger partial charge in [-0.25, -0.2) is 0 Å². The molecule has 2 amide bonds. The van der Waals surface area contributed by atoms with E-state index in [-0.39, 0.29) is 45.4 Å². The molecule has 3 aliphatic rings. The van der Waals surface area contributed by atoms with E-state index in [1.807, 2.05) is 0 Å². The molecule has 0 bridgehead atoms. The van der Waals surface area contributed by atoms with E-state index in [0.717, 1.165) is 4.90 Å². The Morgan fingerprint density at radius 1 is 1.04 bits per heavy atom. The van der Waals surface area contributed by atoms with E-state index in [0.29, 0.717) is 12.8 Å². The van der Waals surface area contributed by atoms with Gasteiger partial charge in [0.05, 0.1) is 6.42 Å². The van der Waals surface area contributed by atoms with E-state index < -0.39 is 29.2 Å². The molecule has 1 fully saturated rings. The van der Waals surface area contributed by atoms with Crippen molar-refractivity contribution in [3.05, 3.63) is 0 Å². The molecule has 2 unspecified atom stereocenters. The fraction of sp³-hybridized carbons (Fsp3) is 0.688. The first-order chi connectivity index (χ1) is 13.0. The quantitative estimate of drug-likeness (QED) is 0.631. The summed E-state index contributed by atoms with van der Waals surface area (Å²) in [6.45, 7) is -0.331. The van der Waals surface area contributed by atoms with E-state index in [4.69, 9.17) is 14.8 Å². The van der Waals surface area contributed by atoms with E-state index in [1.165, 1.54) is 17.3 Å². The first kappa shape index (κ1) is 19.1. The van der Waals surface area contributed by atoms with Crippen LogP contribution in [-0.2, 0) is 24.1 Å². The number of piperazine rings is 1. The Bertz CT molecular complexity index is 682. The number of hydrogen-bond acceptors (Lipinski definition) is 8. The number of amides is 2. The minimum absolute atomic E-state index is 0.0676. The van der Waals surface area contributed by atoms with Crippen LogP contribution in [0.1, 0.15) is 38.5 Å². The van der Waals surface area contributed by atoms with Crippen molar-refractivity contribution in [2.24, 2.45) is 10.3 Å². The summed E-state index contributed by atoms with van der Waals surface area (Å²) in [5, 5.41) is 25.8. The molecule has 3 aliphatic heterocycles. The van der Waals surface area contributed by atoms with E-state index in [9.17, 15) is 19.5 Å². The van der Waals surface area contributed by atoms with Gasteiger partial charge in [-0.15, -0.1) is 0 Å². The predicted molar refractivity (Wildman–Crippen MR) is 90.5 cm³/mol. The molecule has 11 nitrogen and oxygen atoms in total. The van der Waals surface area contributed by atoms with E-state index in [1.54, 1.807) is 0 Å². The monoisotopic (exact) mass is 382 g/mol. The van der Waals surface area contributed by atoms with Crippen molar-refractivity contribution in [3.63, 3.8) is 0 Å². The molecule has 0 aliphatic carbocycles. The minimum Gasteiger partial charge on any atom is -0.481 e. The molecule has 0 aromatic heterocycles. The van der Waals surface area contributed by atoms with Gasteiger partial charge in [-0.05, 0) is 19.3 Å². The lowest BCUT2D eigenvalue weighted by molar-refractivity contribution is -0.257. The molecule has 0 aromatic carbocycles. The highest BCUT2D eigenvalue weighted by Crippen LogP contribution is 2.42. The average Bonchev–Trinajstić information content (AvgIpc) is 2.68. The van der Waals surface area contributed by atoms with Crippen LogP contribution < -0.4 is 0 Å². The molecule has 148 valence electrons. The van der Waals surface area contributed by atoms with Gasteiger partial charge in [0.1, 0.15) is 0 Å². The Morgan fingerprint density at radius 2 is 1.56 bits per heavy atom. The van der Waals surface area contributed by atoms with Crippen molar-refractivity contribution in [2.45, 2.75) is 50.0 Å². The lowest BCUT2D eigenvalue weighted by Gasteiger charge is -2.54. The molecule has 0 saturated carbocycles. The second kappa shape index (κ2) is 7.51. The average molecular weight is 382 g/mol. The minimum atomic E-state index is -1.72. The van der Waals surface area contributed by atoms with Gasteiger partial charge in [-0.2, -0.15) is 0 Å². The third kappa shape index (κ3) is 3.11. The number of carboxylic acid groups (broad SMARTS) is 1. The fourth-order valence-corrected chi connectivity index (χ4v) is 3.61. The van der Waals surface area contributed by atoms with Crippen LogP contribution in [0.4, 0.5) is 0 Å². The highest BCUT2D eigenvalue weighted by molar-refractivity contribution is 6.01. The van der Waals surface area contributed by atoms with Gasteiger partial charge in [0.2, 0.25) is 0 Å². The maximum atomic E-state index is 13.5. The zero-order valence-corrected chi connectivity index (χ0v) is 14.7. The number of oxime groups is 2. The van der Waals surface area contributed by atoms with Crippen molar-refractivity contribution in [1.29, 1.82) is 0 Å². The summed E-state index contributed by atoms with van der Waals surface area (Å²) in [7, 11) is 0. The number of carbonyl (C=O) groups excluding carboxylic acids is 2. The maximum Gasteiger partial charge on any atom is 0.305 e. The molecule has 1 saturated heterocycles. The number of nitrogens with zero attached hydrogens (tertiary/aromatic N) is 4. The molecule has 2 N–H and O–H groups in total. The number of aliphatic hydroxyl groups is 1. The topological polar surface area (TPSA) is 141 Å². The Hall–Kier alpha value is -2.69. The smallest absolute Gasteiger partial charge is 0.305 e. The summed E-state index contributed by atoms with van der Waals surface area (Å²) in [6, 6.07) is 0. The molecule has 11 heteroatoms. The zero-order valence-electron chi connectivity index (χ0n) is 14.7. The van der Waals surface area contributed by atoms with Crippen molar-refractivity contribution in [2.75, 3.05) is 19.7 Å². The number of aliphatic carboxylic acids is 1. The summed E-state index contributed by atoms with van der Waals surface area (Å²) in [4.78, 5) is 51.2. The van der Waals surface area contributed by atoms with Crippen LogP contribution in [0, 0.1) is 0 Å². The van der Waals surface area contributed by atoms with Crippen molar-refractivity contribution < 1.29 is 34.3 Å².